The molecule has 2 fully saturated rings. The smallest absolute Gasteiger partial charge is 0.121 e. The third kappa shape index (κ3) is 8.53. The van der Waals surface area contributed by atoms with Gasteiger partial charge in [-0.3, -0.25) is 4.98 Å². The average molecular weight is 1020 g/mol. The summed E-state index contributed by atoms with van der Waals surface area (Å²) in [7, 11) is 0. The summed E-state index contributed by atoms with van der Waals surface area (Å²) in [6.07, 6.45) is 13.6. The van der Waals surface area contributed by atoms with E-state index in [4.69, 9.17) is 9.40 Å². The van der Waals surface area contributed by atoms with E-state index in [1.807, 2.05) is 88.4 Å². The van der Waals surface area contributed by atoms with Crippen LogP contribution in [0.5, 0.6) is 0 Å². The van der Waals surface area contributed by atoms with Gasteiger partial charge in [0.2, 0.25) is 0 Å². The van der Waals surface area contributed by atoms with Gasteiger partial charge in [-0.15, -0.1) is 54.1 Å². The number of benzene rings is 6. The summed E-state index contributed by atoms with van der Waals surface area (Å²) in [6, 6.07) is 54.1. The number of hydrogen-bond acceptors (Lipinski definition) is 3. The maximum atomic E-state index is 9.64. The molecule has 2 aliphatic carbocycles. The summed E-state index contributed by atoms with van der Waals surface area (Å²) in [5.41, 5.74) is 12.9. The maximum Gasteiger partial charge on any atom is 0.121 e. The topological polar surface area (TPSA) is 43.9 Å². The molecule has 2 aliphatic rings. The molecule has 64 heavy (non-hydrogen) atoms. The van der Waals surface area contributed by atoms with Gasteiger partial charge in [-0.05, 0) is 119 Å². The Labute approximate surface area is 395 Å². The van der Waals surface area contributed by atoms with Crippen molar-refractivity contribution in [1.82, 2.24) is 14.5 Å². The molecule has 2 saturated carbocycles. The van der Waals surface area contributed by atoms with Crippen molar-refractivity contribution in [2.45, 2.75) is 103 Å². The Morgan fingerprint density at radius 1 is 0.688 bits per heavy atom. The van der Waals surface area contributed by atoms with Crippen LogP contribution in [0, 0.1) is 17.5 Å². The Balaban J connectivity index is 0.000000365. The molecular weight excluding hydrogens is 959 g/mol. The van der Waals surface area contributed by atoms with Gasteiger partial charge < -0.3 is 14.0 Å². The molecule has 6 aromatic carbocycles. The van der Waals surface area contributed by atoms with Gasteiger partial charge in [-0.1, -0.05) is 137 Å². The Kier molecular flexibility index (Phi) is 12.1. The molecule has 325 valence electrons. The van der Waals surface area contributed by atoms with Gasteiger partial charge in [0.15, 0.2) is 0 Å². The first-order valence-electron chi connectivity index (χ1n) is 23.9. The minimum absolute atomic E-state index is 0. The van der Waals surface area contributed by atoms with Gasteiger partial charge in [0.25, 0.3) is 0 Å². The molecular formula is C59H57IrN3O-2. The van der Waals surface area contributed by atoms with Crippen molar-refractivity contribution in [3.8, 4) is 39.5 Å². The molecule has 1 spiro atoms. The molecule has 3 heterocycles. The van der Waals surface area contributed by atoms with Crippen LogP contribution in [0.2, 0.25) is 0 Å². The monoisotopic (exact) mass is 1020 g/mol. The Morgan fingerprint density at radius 2 is 1.41 bits per heavy atom. The summed E-state index contributed by atoms with van der Waals surface area (Å²) in [6.45, 7) is 7.96. The number of nitrogens with zero attached hydrogens (tertiary/aromatic N) is 3. The number of para-hydroxylation sites is 2. The summed E-state index contributed by atoms with van der Waals surface area (Å²) in [4.78, 5) is 9.52. The molecule has 0 unspecified atom stereocenters. The third-order valence-electron chi connectivity index (χ3n) is 13.8. The van der Waals surface area contributed by atoms with Crippen molar-refractivity contribution in [2.24, 2.45) is 5.41 Å². The van der Waals surface area contributed by atoms with Crippen LogP contribution in [0.15, 0.2) is 150 Å². The van der Waals surface area contributed by atoms with Crippen molar-refractivity contribution in [3.63, 3.8) is 0 Å². The number of furan rings is 1. The second kappa shape index (κ2) is 18.9. The Bertz CT molecular complexity index is 3020. The molecule has 4 nitrogen and oxygen atoms in total. The quantitative estimate of drug-likeness (QED) is 0.149. The second-order valence-electron chi connectivity index (χ2n) is 18.3. The predicted octanol–water partition coefficient (Wildman–Crippen LogP) is 16.5. The van der Waals surface area contributed by atoms with Crippen LogP contribution in [0.4, 0.5) is 0 Å². The van der Waals surface area contributed by atoms with Crippen LogP contribution >= 0.6 is 0 Å². The van der Waals surface area contributed by atoms with E-state index >= 15 is 0 Å². The maximum absolute atomic E-state index is 9.64. The first-order chi connectivity index (χ1) is 31.5. The molecule has 9 aromatic rings. The molecule has 5 heteroatoms. The van der Waals surface area contributed by atoms with E-state index in [1.165, 1.54) is 63.4 Å². The number of fused-ring (bicyclic) bond motifs is 4. The molecule has 3 aromatic heterocycles. The Hall–Kier alpha value is -5.61. The van der Waals surface area contributed by atoms with Crippen molar-refractivity contribution in [3.05, 3.63) is 175 Å². The number of imidazole rings is 1. The van der Waals surface area contributed by atoms with Crippen molar-refractivity contribution < 1.29 is 27.3 Å². The number of pyridine rings is 1. The van der Waals surface area contributed by atoms with Crippen LogP contribution in [-0.4, -0.2) is 14.5 Å². The van der Waals surface area contributed by atoms with Crippen molar-refractivity contribution in [1.29, 1.82) is 0 Å². The van der Waals surface area contributed by atoms with E-state index in [9.17, 15) is 2.74 Å². The standard InChI is InChI=1S/C48H49N2O.C11H8N.Ir/c1-31(2)40-28-36(34-22-26-48(27-23-34)24-11-6-12-25-48)29-41(32(3)4)45(40)50-43-19-10-9-18-42(43)49-47(50)39-17-13-16-38-37-21-20-35(30-44(37)51-46(38)39)33-14-7-5-8-15-33;1-2-6-10(7-3-1)11-8-4-5-9-12-11;/h5,7-10,13-16,18-21,28-32,34H,6,11-12,22-27H2,1-4H3;1-6,8-9H;/q2*-1;/i31D,32D;;. The first kappa shape index (κ1) is 41.1. The normalized spacial score (nSPS) is 15.9. The summed E-state index contributed by atoms with van der Waals surface area (Å²) >= 11 is 0. The van der Waals surface area contributed by atoms with Crippen LogP contribution in [0.3, 0.4) is 0 Å². The SMILES string of the molecule is [2H]C(C)(C)c1cc(C2CCC3(CCCCC3)CC2)cc(C([2H])(C)C)c1-n1c(-c2[c-]ccc3c2oc2cc(-c4ccccc4)ccc23)nc2ccccc21.[Ir].[c-]1ccccc1-c1ccccn1. The van der Waals surface area contributed by atoms with E-state index in [-0.39, 0.29) is 20.1 Å². The van der Waals surface area contributed by atoms with Gasteiger partial charge in [-0.2, -0.15) is 0 Å². The molecule has 0 saturated heterocycles. The molecule has 11 rings (SSSR count). The zero-order valence-electron chi connectivity index (χ0n) is 39.4. The molecule has 0 amide bonds. The van der Waals surface area contributed by atoms with E-state index in [2.05, 4.69) is 101 Å². The minimum Gasteiger partial charge on any atom is -0.501 e. The Morgan fingerprint density at radius 3 is 2.11 bits per heavy atom. The number of hydrogen-bond donors (Lipinski definition) is 0. The van der Waals surface area contributed by atoms with E-state index in [0.29, 0.717) is 17.2 Å². The van der Waals surface area contributed by atoms with Gasteiger partial charge in [0.1, 0.15) is 5.58 Å². The van der Waals surface area contributed by atoms with E-state index < -0.39 is 11.8 Å². The van der Waals surface area contributed by atoms with Gasteiger partial charge in [0, 0.05) is 40.1 Å². The van der Waals surface area contributed by atoms with Crippen LogP contribution in [0.25, 0.3) is 72.4 Å². The minimum atomic E-state index is -0.934. The largest absolute Gasteiger partial charge is 0.501 e. The van der Waals surface area contributed by atoms with Gasteiger partial charge in [0.05, 0.1) is 22.4 Å². The van der Waals surface area contributed by atoms with Crippen molar-refractivity contribution in [2.75, 3.05) is 0 Å². The summed E-state index contributed by atoms with van der Waals surface area (Å²) < 4.78 is 28.3. The van der Waals surface area contributed by atoms with Gasteiger partial charge >= 0.3 is 0 Å². The second-order valence-corrected chi connectivity index (χ2v) is 18.3. The molecule has 0 bridgehead atoms. The zero-order chi connectivity index (χ0) is 44.8. The summed E-state index contributed by atoms with van der Waals surface area (Å²) in [5, 5.41) is 2.06. The van der Waals surface area contributed by atoms with E-state index in [1.54, 1.807) is 6.20 Å². The molecule has 0 N–H and O–H groups in total. The van der Waals surface area contributed by atoms with Crippen LogP contribution in [-0.2, 0) is 20.1 Å². The van der Waals surface area contributed by atoms with E-state index in [0.717, 1.165) is 77.7 Å². The molecule has 1 radical (unpaired) electrons. The fourth-order valence-electron chi connectivity index (χ4n) is 10.5. The number of aromatic nitrogens is 3. The van der Waals surface area contributed by atoms with Gasteiger partial charge in [-0.25, -0.2) is 0 Å². The van der Waals surface area contributed by atoms with Crippen LogP contribution < -0.4 is 0 Å². The summed E-state index contributed by atoms with van der Waals surface area (Å²) in [5.74, 6) is -0.720. The number of rotatable bonds is 7. The molecule has 0 atom stereocenters. The predicted molar refractivity (Wildman–Crippen MR) is 261 cm³/mol. The fraction of sp³-hybridized carbons (Fsp3) is 0.288. The first-order valence-corrected chi connectivity index (χ1v) is 22.9. The molecule has 0 aliphatic heterocycles. The van der Waals surface area contributed by atoms with Crippen molar-refractivity contribution >= 4 is 33.0 Å². The average Bonchev–Trinajstić information content (AvgIpc) is 3.91. The third-order valence-corrected chi connectivity index (χ3v) is 13.8. The zero-order valence-corrected chi connectivity index (χ0v) is 39.8. The fourth-order valence-corrected chi connectivity index (χ4v) is 10.5. The van der Waals surface area contributed by atoms with Crippen LogP contribution in [0.1, 0.15) is 123 Å².